The second kappa shape index (κ2) is 11.1. The summed E-state index contributed by atoms with van der Waals surface area (Å²) in [4.78, 5) is 38.7. The van der Waals surface area contributed by atoms with Crippen LogP contribution in [0.2, 0.25) is 0 Å². The van der Waals surface area contributed by atoms with Gasteiger partial charge in [-0.2, -0.15) is 0 Å². The molecule has 0 spiro atoms. The Morgan fingerprint density at radius 1 is 0.818 bits per heavy atom. The first kappa shape index (κ1) is 23.7. The van der Waals surface area contributed by atoms with E-state index in [4.69, 9.17) is 9.47 Å². The zero-order valence-electron chi connectivity index (χ0n) is 19.0. The van der Waals surface area contributed by atoms with E-state index in [9.17, 15) is 14.4 Å². The highest BCUT2D eigenvalue weighted by Crippen LogP contribution is 2.27. The zero-order chi connectivity index (χ0) is 23.8. The van der Waals surface area contributed by atoms with Crippen molar-refractivity contribution in [1.29, 1.82) is 0 Å². The van der Waals surface area contributed by atoms with Gasteiger partial charge in [0.15, 0.2) is 23.1 Å². The molecule has 0 bridgehead atoms. The SMILES string of the molecule is COc1ccc(C(=O)NC(Cc2ccccc2)C(=O)CC(=O)c2ccc(C)cc2)cc1OC. The summed E-state index contributed by atoms with van der Waals surface area (Å²) in [5, 5.41) is 2.80. The van der Waals surface area contributed by atoms with Gasteiger partial charge in [0.2, 0.25) is 0 Å². The molecule has 6 heteroatoms. The number of hydrogen-bond acceptors (Lipinski definition) is 5. The fourth-order valence-electron chi connectivity index (χ4n) is 3.44. The quantitative estimate of drug-likeness (QED) is 0.374. The number of ketones is 2. The van der Waals surface area contributed by atoms with Crippen LogP contribution < -0.4 is 14.8 Å². The van der Waals surface area contributed by atoms with Gasteiger partial charge in [0.05, 0.1) is 26.7 Å². The molecule has 0 radical (unpaired) electrons. The smallest absolute Gasteiger partial charge is 0.252 e. The third-order valence-corrected chi connectivity index (χ3v) is 5.33. The first-order chi connectivity index (χ1) is 15.9. The highest BCUT2D eigenvalue weighted by atomic mass is 16.5. The Bertz CT molecular complexity index is 1120. The van der Waals surface area contributed by atoms with Gasteiger partial charge in [-0.1, -0.05) is 60.2 Å². The van der Waals surface area contributed by atoms with Crippen molar-refractivity contribution >= 4 is 17.5 Å². The van der Waals surface area contributed by atoms with Gasteiger partial charge in [0.1, 0.15) is 0 Å². The van der Waals surface area contributed by atoms with Gasteiger partial charge >= 0.3 is 0 Å². The molecule has 1 unspecified atom stereocenters. The maximum atomic E-state index is 13.1. The molecule has 0 aliphatic heterocycles. The summed E-state index contributed by atoms with van der Waals surface area (Å²) in [5.41, 5.74) is 2.70. The van der Waals surface area contributed by atoms with E-state index in [1.807, 2.05) is 49.4 Å². The molecule has 0 fully saturated rings. The number of rotatable bonds is 10. The minimum Gasteiger partial charge on any atom is -0.493 e. The average Bonchev–Trinajstić information content (AvgIpc) is 2.84. The molecule has 1 N–H and O–H groups in total. The predicted octanol–water partition coefficient (Wildman–Crippen LogP) is 4.20. The molecule has 33 heavy (non-hydrogen) atoms. The number of methoxy groups -OCH3 is 2. The highest BCUT2D eigenvalue weighted by Gasteiger charge is 2.25. The molecule has 0 heterocycles. The lowest BCUT2D eigenvalue weighted by molar-refractivity contribution is -0.120. The lowest BCUT2D eigenvalue weighted by Crippen LogP contribution is -2.43. The number of ether oxygens (including phenoxy) is 2. The van der Waals surface area contributed by atoms with Crippen LogP contribution in [-0.2, 0) is 11.2 Å². The summed E-state index contributed by atoms with van der Waals surface area (Å²) >= 11 is 0. The molecule has 1 atom stereocenters. The van der Waals surface area contributed by atoms with E-state index in [0.29, 0.717) is 22.6 Å². The second-order valence-corrected chi connectivity index (χ2v) is 7.72. The van der Waals surface area contributed by atoms with Crippen molar-refractivity contribution in [3.63, 3.8) is 0 Å². The summed E-state index contributed by atoms with van der Waals surface area (Å²) in [6.45, 7) is 1.93. The number of carbonyl (C=O) groups excluding carboxylic acids is 3. The minimum absolute atomic E-state index is 0.278. The van der Waals surface area contributed by atoms with Gasteiger partial charge in [0, 0.05) is 11.1 Å². The van der Waals surface area contributed by atoms with Gasteiger partial charge in [-0.25, -0.2) is 0 Å². The maximum Gasteiger partial charge on any atom is 0.252 e. The summed E-state index contributed by atoms with van der Waals surface area (Å²) in [6.07, 6.45) is -0.0212. The Kier molecular flexibility index (Phi) is 7.97. The molecule has 3 rings (SSSR count). The topological polar surface area (TPSA) is 81.7 Å². The summed E-state index contributed by atoms with van der Waals surface area (Å²) in [7, 11) is 3.00. The molecular formula is C27H27NO5. The van der Waals surface area contributed by atoms with Crippen molar-refractivity contribution < 1.29 is 23.9 Å². The number of Topliss-reactive ketones (excluding diaryl/α,β-unsaturated/α-hetero) is 2. The van der Waals surface area contributed by atoms with Crippen molar-refractivity contribution in [3.05, 3.63) is 95.1 Å². The summed E-state index contributed by atoms with van der Waals surface area (Å²) < 4.78 is 10.5. The Morgan fingerprint density at radius 2 is 1.45 bits per heavy atom. The molecule has 0 saturated carbocycles. The Hall–Kier alpha value is -3.93. The van der Waals surface area contributed by atoms with E-state index in [2.05, 4.69) is 5.32 Å². The molecule has 3 aromatic rings. The molecule has 0 aromatic heterocycles. The van der Waals surface area contributed by atoms with E-state index >= 15 is 0 Å². The molecule has 0 aliphatic rings. The molecule has 0 aliphatic carbocycles. The monoisotopic (exact) mass is 445 g/mol. The van der Waals surface area contributed by atoms with Crippen LogP contribution in [0.4, 0.5) is 0 Å². The van der Waals surface area contributed by atoms with E-state index in [-0.39, 0.29) is 24.4 Å². The first-order valence-corrected chi connectivity index (χ1v) is 10.6. The van der Waals surface area contributed by atoms with Gasteiger partial charge in [-0.05, 0) is 37.1 Å². The molecule has 1 amide bonds. The van der Waals surface area contributed by atoms with Gasteiger partial charge < -0.3 is 14.8 Å². The van der Waals surface area contributed by atoms with Crippen molar-refractivity contribution in [2.75, 3.05) is 14.2 Å². The van der Waals surface area contributed by atoms with E-state index < -0.39 is 11.9 Å². The maximum absolute atomic E-state index is 13.1. The Labute approximate surface area is 193 Å². The standard InChI is InChI=1S/C27H27NO5/c1-18-9-11-20(12-10-18)23(29)17-24(30)22(15-19-7-5-4-6-8-19)28-27(31)21-13-14-25(32-2)26(16-21)33-3/h4-14,16,22H,15,17H2,1-3H3,(H,28,31). The number of hydrogen-bond donors (Lipinski definition) is 1. The van der Waals surface area contributed by atoms with Crippen molar-refractivity contribution in [1.82, 2.24) is 5.32 Å². The number of carbonyl (C=O) groups is 3. The molecular weight excluding hydrogens is 418 g/mol. The van der Waals surface area contributed by atoms with Gasteiger partial charge in [-0.15, -0.1) is 0 Å². The number of nitrogens with one attached hydrogen (secondary N) is 1. The van der Waals surface area contributed by atoms with E-state index in [1.165, 1.54) is 14.2 Å². The van der Waals surface area contributed by atoms with Crippen LogP contribution in [-0.4, -0.2) is 37.7 Å². The van der Waals surface area contributed by atoms with Crippen molar-refractivity contribution in [2.45, 2.75) is 25.8 Å². The highest BCUT2D eigenvalue weighted by molar-refractivity contribution is 6.10. The van der Waals surface area contributed by atoms with E-state index in [1.54, 1.807) is 30.3 Å². The van der Waals surface area contributed by atoms with Crippen LogP contribution in [0.3, 0.4) is 0 Å². The Morgan fingerprint density at radius 3 is 2.09 bits per heavy atom. The fraction of sp³-hybridized carbons (Fsp3) is 0.222. The minimum atomic E-state index is -0.859. The van der Waals surface area contributed by atoms with Crippen molar-refractivity contribution in [2.24, 2.45) is 0 Å². The van der Waals surface area contributed by atoms with E-state index in [0.717, 1.165) is 11.1 Å². The van der Waals surface area contributed by atoms with Crippen LogP contribution in [0.25, 0.3) is 0 Å². The summed E-state index contributed by atoms with van der Waals surface area (Å²) in [5.74, 6) is -0.162. The second-order valence-electron chi connectivity index (χ2n) is 7.72. The number of benzene rings is 3. The van der Waals surface area contributed by atoms with Crippen LogP contribution in [0.15, 0.2) is 72.8 Å². The van der Waals surface area contributed by atoms with Crippen LogP contribution in [0, 0.1) is 6.92 Å². The third-order valence-electron chi connectivity index (χ3n) is 5.33. The van der Waals surface area contributed by atoms with Gasteiger partial charge in [-0.3, -0.25) is 14.4 Å². The summed E-state index contributed by atoms with van der Waals surface area (Å²) in [6, 6.07) is 20.4. The molecule has 6 nitrogen and oxygen atoms in total. The molecule has 3 aromatic carbocycles. The number of amides is 1. The predicted molar refractivity (Wildman–Crippen MR) is 126 cm³/mol. The Balaban J connectivity index is 1.80. The lowest BCUT2D eigenvalue weighted by atomic mass is 9.96. The van der Waals surface area contributed by atoms with Crippen LogP contribution in [0.1, 0.15) is 38.3 Å². The van der Waals surface area contributed by atoms with Gasteiger partial charge in [0.25, 0.3) is 5.91 Å². The zero-order valence-corrected chi connectivity index (χ0v) is 19.0. The number of aryl methyl sites for hydroxylation is 1. The third kappa shape index (κ3) is 6.29. The average molecular weight is 446 g/mol. The lowest BCUT2D eigenvalue weighted by Gasteiger charge is -2.18. The first-order valence-electron chi connectivity index (χ1n) is 10.6. The fourth-order valence-corrected chi connectivity index (χ4v) is 3.44. The molecule has 0 saturated heterocycles. The van der Waals surface area contributed by atoms with Crippen LogP contribution in [0.5, 0.6) is 11.5 Å². The van der Waals surface area contributed by atoms with Crippen LogP contribution >= 0.6 is 0 Å². The largest absolute Gasteiger partial charge is 0.493 e. The normalized spacial score (nSPS) is 11.4. The molecule has 170 valence electrons. The van der Waals surface area contributed by atoms with Crippen molar-refractivity contribution in [3.8, 4) is 11.5 Å².